The maximum Gasteiger partial charge on any atom is 0.340 e. The number of aliphatic carboxylic acids is 1. The van der Waals surface area contributed by atoms with E-state index in [2.05, 4.69) is 0 Å². The van der Waals surface area contributed by atoms with Gasteiger partial charge in [0.05, 0.1) is 0 Å². The fraction of sp³-hybridized carbons (Fsp3) is 0.500. The summed E-state index contributed by atoms with van der Waals surface area (Å²) in [6.45, 7) is 1.76. The Kier molecular flexibility index (Phi) is 3.82. The van der Waals surface area contributed by atoms with E-state index < -0.39 is 18.0 Å². The Hall–Kier alpha value is -2.30. The van der Waals surface area contributed by atoms with Gasteiger partial charge in [-0.2, -0.15) is 0 Å². The molecule has 2 heterocycles. The third kappa shape index (κ3) is 2.81. The van der Waals surface area contributed by atoms with Crippen LogP contribution in [0.25, 0.3) is 11.0 Å². The van der Waals surface area contributed by atoms with E-state index in [1.807, 2.05) is 6.07 Å². The van der Waals surface area contributed by atoms with Gasteiger partial charge in [0.15, 0.2) is 0 Å². The molecule has 1 aromatic heterocycles. The van der Waals surface area contributed by atoms with Crippen LogP contribution in [0.15, 0.2) is 21.3 Å². The number of hydrogen-bond acceptors (Lipinski definition) is 5. The van der Waals surface area contributed by atoms with Crippen LogP contribution in [0.4, 0.5) is 0 Å². The molecule has 0 atom stereocenters. The minimum atomic E-state index is -1.28. The molecule has 5 heteroatoms. The Morgan fingerprint density at radius 3 is 2.68 bits per heavy atom. The van der Waals surface area contributed by atoms with Gasteiger partial charge in [0.1, 0.15) is 16.9 Å². The summed E-state index contributed by atoms with van der Waals surface area (Å²) in [6.07, 6.45) is 7.34. The third-order valence-electron chi connectivity index (χ3n) is 5.73. The van der Waals surface area contributed by atoms with E-state index >= 15 is 0 Å². The highest BCUT2D eigenvalue weighted by atomic mass is 16.5. The first-order valence-electron chi connectivity index (χ1n) is 8.95. The van der Waals surface area contributed by atoms with Crippen molar-refractivity contribution in [2.45, 2.75) is 63.9 Å². The molecule has 1 saturated carbocycles. The smallest absolute Gasteiger partial charge is 0.340 e. The lowest BCUT2D eigenvalue weighted by Crippen LogP contribution is -2.41. The van der Waals surface area contributed by atoms with Crippen molar-refractivity contribution in [3.63, 3.8) is 0 Å². The van der Waals surface area contributed by atoms with Gasteiger partial charge in [-0.1, -0.05) is 6.42 Å². The lowest BCUT2D eigenvalue weighted by molar-refractivity contribution is -0.304. The third-order valence-corrected chi connectivity index (χ3v) is 5.73. The van der Waals surface area contributed by atoms with Crippen LogP contribution in [0.3, 0.4) is 0 Å². The van der Waals surface area contributed by atoms with Crippen molar-refractivity contribution in [3.05, 3.63) is 39.2 Å². The van der Waals surface area contributed by atoms with Crippen LogP contribution in [-0.2, 0) is 17.6 Å². The van der Waals surface area contributed by atoms with Crippen molar-refractivity contribution in [3.8, 4) is 5.75 Å². The van der Waals surface area contributed by atoms with Gasteiger partial charge in [0.25, 0.3) is 0 Å². The van der Waals surface area contributed by atoms with E-state index in [-0.39, 0.29) is 11.2 Å². The Bertz CT molecular complexity index is 902. The van der Waals surface area contributed by atoms with Crippen molar-refractivity contribution in [1.82, 2.24) is 0 Å². The van der Waals surface area contributed by atoms with E-state index in [1.54, 1.807) is 13.0 Å². The molecule has 1 spiro atoms. The predicted molar refractivity (Wildman–Crippen MR) is 90.7 cm³/mol. The molecular weight excluding hydrogens is 320 g/mol. The summed E-state index contributed by atoms with van der Waals surface area (Å²) in [6, 6.07) is 3.79. The Morgan fingerprint density at radius 2 is 1.96 bits per heavy atom. The highest BCUT2D eigenvalue weighted by Gasteiger charge is 2.37. The summed E-state index contributed by atoms with van der Waals surface area (Å²) in [5, 5.41) is 11.7. The van der Waals surface area contributed by atoms with Crippen LogP contribution in [0.1, 0.15) is 55.2 Å². The van der Waals surface area contributed by atoms with Crippen molar-refractivity contribution in [2.24, 2.45) is 0 Å². The molecule has 0 bridgehead atoms. The van der Waals surface area contributed by atoms with Gasteiger partial charge < -0.3 is 19.1 Å². The molecule has 2 aliphatic rings. The number of ether oxygens (including phenoxy) is 1. The second-order valence-electron chi connectivity index (χ2n) is 7.34. The molecule has 4 rings (SSSR count). The molecule has 0 saturated heterocycles. The van der Waals surface area contributed by atoms with Crippen molar-refractivity contribution in [2.75, 3.05) is 0 Å². The first kappa shape index (κ1) is 16.2. The van der Waals surface area contributed by atoms with Crippen LogP contribution in [0, 0.1) is 6.92 Å². The molecule has 0 N–H and O–H groups in total. The Balaban J connectivity index is 1.79. The van der Waals surface area contributed by atoms with Gasteiger partial charge in [0, 0.05) is 29.4 Å². The van der Waals surface area contributed by atoms with E-state index in [0.29, 0.717) is 11.1 Å². The molecule has 132 valence electrons. The molecule has 1 aliphatic carbocycles. The average Bonchev–Trinajstić information content (AvgIpc) is 2.58. The number of hydrogen-bond donors (Lipinski definition) is 0. The second kappa shape index (κ2) is 5.90. The first-order valence-corrected chi connectivity index (χ1v) is 8.95. The van der Waals surface area contributed by atoms with Gasteiger partial charge in [0.2, 0.25) is 0 Å². The molecule has 1 aromatic carbocycles. The zero-order valence-corrected chi connectivity index (χ0v) is 14.4. The highest BCUT2D eigenvalue weighted by molar-refractivity contribution is 5.85. The number of carbonyl (C=O) groups excluding carboxylic acids is 1. The van der Waals surface area contributed by atoms with Gasteiger partial charge in [-0.15, -0.1) is 0 Å². The summed E-state index contributed by atoms with van der Waals surface area (Å²) in [5.41, 5.74) is 1.68. The quantitative estimate of drug-likeness (QED) is 0.784. The lowest BCUT2D eigenvalue weighted by Gasteiger charge is -2.41. The topological polar surface area (TPSA) is 79.6 Å². The van der Waals surface area contributed by atoms with Crippen LogP contribution in [0.2, 0.25) is 0 Å². The summed E-state index contributed by atoms with van der Waals surface area (Å²) in [7, 11) is 0. The molecule has 1 aliphatic heterocycles. The van der Waals surface area contributed by atoms with E-state index in [4.69, 9.17) is 9.15 Å². The number of fused-ring (bicyclic) bond motifs is 2. The lowest BCUT2D eigenvalue weighted by atomic mass is 9.79. The number of aryl methyl sites for hydroxylation is 2. The van der Waals surface area contributed by atoms with Crippen LogP contribution in [-0.4, -0.2) is 11.6 Å². The molecule has 25 heavy (non-hydrogen) atoms. The molecular formula is C20H21O5-. The van der Waals surface area contributed by atoms with Crippen LogP contribution >= 0.6 is 0 Å². The zero-order valence-electron chi connectivity index (χ0n) is 14.4. The molecule has 0 amide bonds. The van der Waals surface area contributed by atoms with E-state index in [0.717, 1.165) is 42.4 Å². The number of carbonyl (C=O) groups is 1. The largest absolute Gasteiger partial charge is 0.550 e. The minimum Gasteiger partial charge on any atom is -0.550 e. The molecule has 0 unspecified atom stereocenters. The SMILES string of the molecule is Cc1c(CC(=O)[O-])c(=O)oc2cc3c(cc12)CCC1(CCCCC1)O3. The maximum atomic E-state index is 12.2. The first-order chi connectivity index (χ1) is 12.0. The van der Waals surface area contributed by atoms with Crippen molar-refractivity contribution in [1.29, 1.82) is 0 Å². The van der Waals surface area contributed by atoms with Gasteiger partial charge >= 0.3 is 5.63 Å². The fourth-order valence-electron chi connectivity index (χ4n) is 4.30. The van der Waals surface area contributed by atoms with Crippen LogP contribution in [0.5, 0.6) is 5.75 Å². The van der Waals surface area contributed by atoms with E-state index in [1.165, 1.54) is 19.3 Å². The van der Waals surface area contributed by atoms with Crippen molar-refractivity contribution >= 4 is 16.9 Å². The van der Waals surface area contributed by atoms with Gasteiger partial charge in [-0.25, -0.2) is 4.79 Å². The number of carboxylic acid groups (broad SMARTS) is 1. The molecule has 0 radical (unpaired) electrons. The normalized spacial score (nSPS) is 18.8. The molecule has 1 fully saturated rings. The van der Waals surface area contributed by atoms with Crippen molar-refractivity contribution < 1.29 is 19.1 Å². The Labute approximate surface area is 145 Å². The van der Waals surface area contributed by atoms with Crippen LogP contribution < -0.4 is 15.5 Å². The predicted octanol–water partition coefficient (Wildman–Crippen LogP) is 2.42. The Morgan fingerprint density at radius 1 is 1.20 bits per heavy atom. The number of carboxylic acids is 1. The molecule has 5 nitrogen and oxygen atoms in total. The standard InChI is InChI=1S/C20H22O5/c1-12-14-9-13-5-8-20(6-3-2-4-7-20)25-16(13)11-17(14)24-19(23)15(12)10-18(21)22/h9,11H,2-8,10H2,1H3,(H,21,22)/p-1. The van der Waals surface area contributed by atoms with Gasteiger partial charge in [-0.3, -0.25) is 0 Å². The zero-order chi connectivity index (χ0) is 17.6. The monoisotopic (exact) mass is 341 g/mol. The highest BCUT2D eigenvalue weighted by Crippen LogP contribution is 2.43. The average molecular weight is 341 g/mol. The maximum absolute atomic E-state index is 12.2. The fourth-order valence-corrected chi connectivity index (χ4v) is 4.30. The second-order valence-corrected chi connectivity index (χ2v) is 7.34. The van der Waals surface area contributed by atoms with Gasteiger partial charge in [-0.05, 0) is 62.6 Å². The summed E-state index contributed by atoms with van der Waals surface area (Å²) >= 11 is 0. The summed E-state index contributed by atoms with van der Waals surface area (Å²) in [5.74, 6) is -0.480. The van der Waals surface area contributed by atoms with E-state index in [9.17, 15) is 14.7 Å². The molecule has 2 aromatic rings. The number of benzene rings is 1. The summed E-state index contributed by atoms with van der Waals surface area (Å²) in [4.78, 5) is 23.1. The minimum absolute atomic E-state index is 0.0663. The number of rotatable bonds is 2. The summed E-state index contributed by atoms with van der Waals surface area (Å²) < 4.78 is 11.8.